The number of benzene rings is 2. The van der Waals surface area contributed by atoms with Crippen molar-refractivity contribution in [1.82, 2.24) is 5.43 Å². The number of carbonyl (C=O) groups excluding carboxylic acids is 1. The van der Waals surface area contributed by atoms with Crippen LogP contribution in [0.4, 0.5) is 5.69 Å². The van der Waals surface area contributed by atoms with Crippen LogP contribution in [0.15, 0.2) is 47.6 Å². The molecule has 2 aromatic carbocycles. The molecule has 0 saturated carbocycles. The zero-order valence-corrected chi connectivity index (χ0v) is 14.2. The average molecular weight is 357 g/mol. The van der Waals surface area contributed by atoms with Crippen molar-refractivity contribution in [1.29, 1.82) is 0 Å². The van der Waals surface area contributed by atoms with Gasteiger partial charge in [0.2, 0.25) is 5.91 Å². The van der Waals surface area contributed by atoms with E-state index in [0.29, 0.717) is 12.2 Å². The zero-order chi connectivity index (χ0) is 18.9. The number of hydrogen-bond acceptors (Lipinski definition) is 6. The second-order valence-corrected chi connectivity index (χ2v) is 5.47. The fourth-order valence-corrected chi connectivity index (χ4v) is 2.11. The fraction of sp³-hybridized carbons (Fsp3) is 0.222. The van der Waals surface area contributed by atoms with Gasteiger partial charge >= 0.3 is 5.69 Å². The van der Waals surface area contributed by atoms with Crippen LogP contribution in [0.5, 0.6) is 11.5 Å². The SMILES string of the molecule is CCCOc1ccc(/C=N\NC(=O)Cc2ccc(O)cc2)cc1[N+](=O)[O-]. The van der Waals surface area contributed by atoms with Crippen LogP contribution >= 0.6 is 0 Å². The maximum absolute atomic E-state index is 11.8. The minimum absolute atomic E-state index is 0.0988. The fourth-order valence-electron chi connectivity index (χ4n) is 2.11. The van der Waals surface area contributed by atoms with Gasteiger partial charge in [-0.15, -0.1) is 0 Å². The topological polar surface area (TPSA) is 114 Å². The highest BCUT2D eigenvalue weighted by molar-refractivity contribution is 5.84. The van der Waals surface area contributed by atoms with E-state index < -0.39 is 4.92 Å². The van der Waals surface area contributed by atoms with Crippen molar-refractivity contribution in [3.05, 3.63) is 63.7 Å². The van der Waals surface area contributed by atoms with Gasteiger partial charge in [-0.2, -0.15) is 5.10 Å². The molecule has 8 nitrogen and oxygen atoms in total. The van der Waals surface area contributed by atoms with Crippen LogP contribution in [-0.2, 0) is 11.2 Å². The lowest BCUT2D eigenvalue weighted by Gasteiger charge is -2.05. The molecule has 0 bridgehead atoms. The van der Waals surface area contributed by atoms with Crippen molar-refractivity contribution in [3.63, 3.8) is 0 Å². The Bertz CT molecular complexity index is 803. The molecule has 0 unspecified atom stereocenters. The Hall–Kier alpha value is -3.42. The number of ether oxygens (including phenoxy) is 1. The lowest BCUT2D eigenvalue weighted by molar-refractivity contribution is -0.385. The number of rotatable bonds is 8. The van der Waals surface area contributed by atoms with Crippen LogP contribution in [0.3, 0.4) is 0 Å². The number of nitro groups is 1. The van der Waals surface area contributed by atoms with E-state index in [4.69, 9.17) is 4.74 Å². The zero-order valence-electron chi connectivity index (χ0n) is 14.2. The van der Waals surface area contributed by atoms with Crippen molar-refractivity contribution in [3.8, 4) is 11.5 Å². The third-order valence-electron chi connectivity index (χ3n) is 3.35. The van der Waals surface area contributed by atoms with Gasteiger partial charge in [-0.25, -0.2) is 5.43 Å². The maximum atomic E-state index is 11.8. The number of hydrogen-bond donors (Lipinski definition) is 2. The number of nitrogens with one attached hydrogen (secondary N) is 1. The molecule has 2 aromatic rings. The molecule has 0 radical (unpaired) electrons. The van der Waals surface area contributed by atoms with Gasteiger partial charge in [0.15, 0.2) is 5.75 Å². The lowest BCUT2D eigenvalue weighted by atomic mass is 10.1. The largest absolute Gasteiger partial charge is 0.508 e. The standard InChI is InChI=1S/C18H19N3O5/c1-2-9-26-17-8-5-14(10-16(17)21(24)25)12-19-20-18(23)11-13-3-6-15(22)7-4-13/h3-8,10,12,22H,2,9,11H2,1H3,(H,20,23)/b19-12-. The number of phenolic OH excluding ortho intramolecular Hbond substituents is 1. The highest BCUT2D eigenvalue weighted by Gasteiger charge is 2.15. The van der Waals surface area contributed by atoms with E-state index >= 15 is 0 Å². The molecule has 0 aliphatic rings. The third-order valence-corrected chi connectivity index (χ3v) is 3.35. The summed E-state index contributed by atoms with van der Waals surface area (Å²) in [5.41, 5.74) is 3.39. The molecule has 136 valence electrons. The summed E-state index contributed by atoms with van der Waals surface area (Å²) in [6.45, 7) is 2.30. The van der Waals surface area contributed by atoms with Crippen LogP contribution in [0.2, 0.25) is 0 Å². The summed E-state index contributed by atoms with van der Waals surface area (Å²) in [5, 5.41) is 24.2. The number of amides is 1. The molecule has 0 aliphatic heterocycles. The molecular formula is C18H19N3O5. The summed E-state index contributed by atoms with van der Waals surface area (Å²) in [5.74, 6) is -0.0187. The number of aromatic hydroxyl groups is 1. The summed E-state index contributed by atoms with van der Waals surface area (Å²) >= 11 is 0. The molecule has 1 amide bonds. The van der Waals surface area contributed by atoms with Gasteiger partial charge in [0, 0.05) is 11.6 Å². The summed E-state index contributed by atoms with van der Waals surface area (Å²) in [7, 11) is 0. The van der Waals surface area contributed by atoms with Gasteiger partial charge in [-0.3, -0.25) is 14.9 Å². The monoisotopic (exact) mass is 357 g/mol. The number of hydrazone groups is 1. The van der Waals surface area contributed by atoms with Gasteiger partial charge < -0.3 is 9.84 Å². The first-order chi connectivity index (χ1) is 12.5. The van der Waals surface area contributed by atoms with Crippen molar-refractivity contribution >= 4 is 17.8 Å². The van der Waals surface area contributed by atoms with Crippen molar-refractivity contribution in [2.45, 2.75) is 19.8 Å². The summed E-state index contributed by atoms with van der Waals surface area (Å²) in [6, 6.07) is 10.7. The molecule has 2 rings (SSSR count). The normalized spacial score (nSPS) is 10.7. The Labute approximate surface area is 150 Å². The smallest absolute Gasteiger partial charge is 0.311 e. The van der Waals surface area contributed by atoms with Crippen molar-refractivity contribution in [2.75, 3.05) is 6.61 Å². The number of nitro benzene ring substituents is 1. The Kier molecular flexibility index (Phi) is 6.67. The van der Waals surface area contributed by atoms with Crippen LogP contribution in [0.1, 0.15) is 24.5 Å². The van der Waals surface area contributed by atoms with Gasteiger partial charge in [0.25, 0.3) is 0 Å². The summed E-state index contributed by atoms with van der Waals surface area (Å²) in [6.07, 6.45) is 2.17. The average Bonchev–Trinajstić information content (AvgIpc) is 2.62. The molecular weight excluding hydrogens is 338 g/mol. The van der Waals surface area contributed by atoms with E-state index in [0.717, 1.165) is 12.0 Å². The first-order valence-electron chi connectivity index (χ1n) is 8.00. The Morgan fingerprint density at radius 1 is 1.31 bits per heavy atom. The first-order valence-corrected chi connectivity index (χ1v) is 8.00. The quantitative estimate of drug-likeness (QED) is 0.428. The van der Waals surface area contributed by atoms with E-state index in [9.17, 15) is 20.0 Å². The predicted molar refractivity (Wildman–Crippen MR) is 96.4 cm³/mol. The third kappa shape index (κ3) is 5.59. The van der Waals surface area contributed by atoms with E-state index in [2.05, 4.69) is 10.5 Å². The summed E-state index contributed by atoms with van der Waals surface area (Å²) in [4.78, 5) is 22.4. The number of phenols is 1. The number of nitrogens with zero attached hydrogens (tertiary/aromatic N) is 2. The molecule has 0 heterocycles. The molecule has 8 heteroatoms. The minimum Gasteiger partial charge on any atom is -0.508 e. The molecule has 0 saturated heterocycles. The summed E-state index contributed by atoms with van der Waals surface area (Å²) < 4.78 is 5.35. The van der Waals surface area contributed by atoms with E-state index in [1.54, 1.807) is 18.2 Å². The predicted octanol–water partition coefficient (Wildman–Crippen LogP) is 2.78. The van der Waals surface area contributed by atoms with Crippen LogP contribution in [-0.4, -0.2) is 28.8 Å². The van der Waals surface area contributed by atoms with Crippen LogP contribution in [0, 0.1) is 10.1 Å². The van der Waals surface area contributed by atoms with Gasteiger partial charge in [-0.05, 0) is 36.2 Å². The van der Waals surface area contributed by atoms with Crippen LogP contribution < -0.4 is 10.2 Å². The minimum atomic E-state index is -0.522. The van der Waals surface area contributed by atoms with Gasteiger partial charge in [0.1, 0.15) is 5.75 Å². The molecule has 2 N–H and O–H groups in total. The highest BCUT2D eigenvalue weighted by Crippen LogP contribution is 2.27. The second kappa shape index (κ2) is 9.16. The molecule has 26 heavy (non-hydrogen) atoms. The van der Waals surface area contributed by atoms with Crippen molar-refractivity contribution in [2.24, 2.45) is 5.10 Å². The van der Waals surface area contributed by atoms with E-state index in [-0.39, 0.29) is 29.5 Å². The Balaban J connectivity index is 1.98. The second-order valence-electron chi connectivity index (χ2n) is 5.47. The Morgan fingerprint density at radius 3 is 2.69 bits per heavy atom. The van der Waals surface area contributed by atoms with Crippen LogP contribution in [0.25, 0.3) is 0 Å². The van der Waals surface area contributed by atoms with Gasteiger partial charge in [0.05, 0.1) is 24.2 Å². The van der Waals surface area contributed by atoms with E-state index in [1.807, 2.05) is 6.92 Å². The number of carbonyl (C=O) groups is 1. The Morgan fingerprint density at radius 2 is 2.04 bits per heavy atom. The van der Waals surface area contributed by atoms with Gasteiger partial charge in [-0.1, -0.05) is 19.1 Å². The molecule has 0 fully saturated rings. The molecule has 0 atom stereocenters. The van der Waals surface area contributed by atoms with E-state index in [1.165, 1.54) is 30.5 Å². The molecule has 0 spiro atoms. The first kappa shape index (κ1) is 18.9. The van der Waals surface area contributed by atoms with Crippen molar-refractivity contribution < 1.29 is 19.6 Å². The molecule has 0 aromatic heterocycles. The molecule has 0 aliphatic carbocycles. The highest BCUT2D eigenvalue weighted by atomic mass is 16.6. The lowest BCUT2D eigenvalue weighted by Crippen LogP contribution is -2.19. The maximum Gasteiger partial charge on any atom is 0.311 e.